The van der Waals surface area contributed by atoms with Crippen LogP contribution < -0.4 is 0 Å². The highest BCUT2D eigenvalue weighted by Crippen LogP contribution is 2.15. The average molecular weight is 897 g/mol. The van der Waals surface area contributed by atoms with E-state index in [-0.39, 0.29) is 31.1 Å². The number of rotatable bonds is 50. The quantitative estimate of drug-likeness (QED) is 0.0199. The molecule has 0 fully saturated rings. The van der Waals surface area contributed by atoms with Crippen molar-refractivity contribution in [3.05, 3.63) is 48.6 Å². The van der Waals surface area contributed by atoms with Crippen LogP contribution >= 0.6 is 0 Å². The van der Waals surface area contributed by atoms with Crippen molar-refractivity contribution in [1.29, 1.82) is 0 Å². The van der Waals surface area contributed by atoms with Crippen LogP contribution in [0, 0.1) is 0 Å². The van der Waals surface area contributed by atoms with Gasteiger partial charge in [0.25, 0.3) is 0 Å². The van der Waals surface area contributed by atoms with Crippen LogP contribution in [0.15, 0.2) is 48.6 Å². The van der Waals surface area contributed by atoms with Crippen LogP contribution in [-0.2, 0) is 28.6 Å². The molecule has 1 unspecified atom stereocenters. The second-order valence-electron chi connectivity index (χ2n) is 18.5. The minimum atomic E-state index is -0.787. The Hall–Kier alpha value is -2.63. The smallest absolute Gasteiger partial charge is 0.306 e. The molecule has 0 saturated carbocycles. The molecule has 0 bridgehead atoms. The Balaban J connectivity index is 4.35. The van der Waals surface area contributed by atoms with Gasteiger partial charge in [-0.05, 0) is 89.9 Å². The van der Waals surface area contributed by atoms with Gasteiger partial charge in [0, 0.05) is 19.3 Å². The largest absolute Gasteiger partial charge is 0.462 e. The molecule has 6 heteroatoms. The molecule has 6 nitrogen and oxygen atoms in total. The topological polar surface area (TPSA) is 78.9 Å². The van der Waals surface area contributed by atoms with Crippen molar-refractivity contribution in [2.75, 3.05) is 13.2 Å². The number of esters is 3. The Morgan fingerprint density at radius 1 is 0.312 bits per heavy atom. The van der Waals surface area contributed by atoms with Gasteiger partial charge in [-0.3, -0.25) is 14.4 Å². The first-order valence-electron chi connectivity index (χ1n) is 27.7. The van der Waals surface area contributed by atoms with Crippen LogP contribution in [0.5, 0.6) is 0 Å². The van der Waals surface area contributed by atoms with E-state index in [2.05, 4.69) is 69.4 Å². The number of unbranched alkanes of at least 4 members (excludes halogenated alkanes) is 32. The minimum Gasteiger partial charge on any atom is -0.462 e. The Bertz CT molecular complexity index is 1120. The molecular formula is C58H104O6. The maximum atomic E-state index is 12.8. The molecule has 0 radical (unpaired) electrons. The first kappa shape index (κ1) is 61.4. The van der Waals surface area contributed by atoms with Crippen LogP contribution in [0.2, 0.25) is 0 Å². The molecule has 0 aliphatic carbocycles. The van der Waals surface area contributed by atoms with Gasteiger partial charge in [0.2, 0.25) is 0 Å². The van der Waals surface area contributed by atoms with E-state index in [9.17, 15) is 14.4 Å². The lowest BCUT2D eigenvalue weighted by Gasteiger charge is -2.18. The first-order chi connectivity index (χ1) is 31.5. The van der Waals surface area contributed by atoms with E-state index in [1.165, 1.54) is 135 Å². The van der Waals surface area contributed by atoms with E-state index >= 15 is 0 Å². The van der Waals surface area contributed by atoms with E-state index in [4.69, 9.17) is 14.2 Å². The summed E-state index contributed by atoms with van der Waals surface area (Å²) in [5, 5.41) is 0. The van der Waals surface area contributed by atoms with E-state index < -0.39 is 6.10 Å². The summed E-state index contributed by atoms with van der Waals surface area (Å²) in [7, 11) is 0. The number of allylic oxidation sites excluding steroid dienone is 8. The van der Waals surface area contributed by atoms with Crippen molar-refractivity contribution in [1.82, 2.24) is 0 Å². The molecule has 0 aromatic carbocycles. The Morgan fingerprint density at radius 2 is 0.578 bits per heavy atom. The van der Waals surface area contributed by atoms with E-state index in [1.807, 2.05) is 0 Å². The van der Waals surface area contributed by atoms with Gasteiger partial charge in [0.1, 0.15) is 13.2 Å². The molecule has 0 aromatic rings. The molecule has 0 saturated heterocycles. The summed E-state index contributed by atoms with van der Waals surface area (Å²) in [5.74, 6) is -0.914. The third-order valence-corrected chi connectivity index (χ3v) is 12.1. The van der Waals surface area contributed by atoms with Gasteiger partial charge in [0.05, 0.1) is 0 Å². The zero-order valence-electron chi connectivity index (χ0n) is 42.6. The third kappa shape index (κ3) is 50.4. The summed E-state index contributed by atoms with van der Waals surface area (Å²) in [6.07, 6.45) is 63.9. The molecule has 0 aliphatic heterocycles. The second kappa shape index (κ2) is 53.0. The predicted molar refractivity (Wildman–Crippen MR) is 275 cm³/mol. The highest BCUT2D eigenvalue weighted by atomic mass is 16.6. The van der Waals surface area contributed by atoms with Gasteiger partial charge in [-0.1, -0.05) is 223 Å². The number of hydrogen-bond donors (Lipinski definition) is 0. The molecule has 0 aromatic heterocycles. The molecule has 64 heavy (non-hydrogen) atoms. The predicted octanol–water partition coefficient (Wildman–Crippen LogP) is 18.3. The number of carbonyl (C=O) groups is 3. The second-order valence-corrected chi connectivity index (χ2v) is 18.5. The summed E-state index contributed by atoms with van der Waals surface area (Å²) in [6.45, 7) is 6.58. The van der Waals surface area contributed by atoms with Crippen LogP contribution in [0.3, 0.4) is 0 Å². The molecule has 372 valence electrons. The van der Waals surface area contributed by atoms with Crippen molar-refractivity contribution >= 4 is 17.9 Å². The fourth-order valence-electron chi connectivity index (χ4n) is 7.82. The van der Waals surface area contributed by atoms with E-state index in [0.717, 1.165) is 109 Å². The van der Waals surface area contributed by atoms with Crippen molar-refractivity contribution in [2.24, 2.45) is 0 Å². The molecule has 0 N–H and O–H groups in total. The summed E-state index contributed by atoms with van der Waals surface area (Å²) in [4.78, 5) is 38.0. The highest BCUT2D eigenvalue weighted by Gasteiger charge is 2.19. The van der Waals surface area contributed by atoms with Crippen molar-refractivity contribution < 1.29 is 28.6 Å². The fourth-order valence-corrected chi connectivity index (χ4v) is 7.82. The van der Waals surface area contributed by atoms with Crippen molar-refractivity contribution in [3.63, 3.8) is 0 Å². The monoisotopic (exact) mass is 897 g/mol. The van der Waals surface area contributed by atoms with E-state index in [0.29, 0.717) is 19.3 Å². The zero-order valence-corrected chi connectivity index (χ0v) is 42.6. The molecule has 0 aliphatic rings. The molecule has 1 atom stereocenters. The number of carbonyl (C=O) groups excluding carboxylic acids is 3. The average Bonchev–Trinajstić information content (AvgIpc) is 3.29. The Labute approximate surface area is 397 Å². The van der Waals surface area contributed by atoms with Gasteiger partial charge in [-0.15, -0.1) is 0 Å². The van der Waals surface area contributed by atoms with E-state index in [1.54, 1.807) is 0 Å². The molecule has 0 heterocycles. The summed E-state index contributed by atoms with van der Waals surface area (Å²) >= 11 is 0. The molecule has 0 spiro atoms. The van der Waals surface area contributed by atoms with Crippen LogP contribution in [0.25, 0.3) is 0 Å². The Kier molecular flexibility index (Phi) is 50.8. The number of hydrogen-bond acceptors (Lipinski definition) is 6. The van der Waals surface area contributed by atoms with Crippen LogP contribution in [-0.4, -0.2) is 37.2 Å². The van der Waals surface area contributed by atoms with Crippen LogP contribution in [0.1, 0.15) is 284 Å². The summed E-state index contributed by atoms with van der Waals surface area (Å²) in [5.41, 5.74) is 0. The standard InChI is InChI=1S/C58H104O6/c1-4-7-10-13-16-19-22-24-26-28-30-32-34-36-39-42-45-48-51-57(60)63-54-55(53-62-56(59)50-47-44-41-38-21-18-15-12-9-6-3)64-58(61)52-49-46-43-40-37-35-33-31-29-27-25-23-20-17-14-11-8-5-2/h15,18,26,28,30-33,55H,4-14,16-17,19-25,27,29,34-54H2,1-3H3/b18-15-,28-26-,32-30-,33-31-. The first-order valence-corrected chi connectivity index (χ1v) is 27.7. The van der Waals surface area contributed by atoms with Crippen molar-refractivity contribution in [2.45, 2.75) is 290 Å². The van der Waals surface area contributed by atoms with Crippen molar-refractivity contribution in [3.8, 4) is 0 Å². The fraction of sp³-hybridized carbons (Fsp3) is 0.810. The summed E-state index contributed by atoms with van der Waals surface area (Å²) < 4.78 is 16.8. The number of ether oxygens (including phenoxy) is 3. The molecule has 0 amide bonds. The molecular weight excluding hydrogens is 793 g/mol. The van der Waals surface area contributed by atoms with Gasteiger partial charge in [-0.25, -0.2) is 0 Å². The lowest BCUT2D eigenvalue weighted by atomic mass is 10.1. The van der Waals surface area contributed by atoms with Gasteiger partial charge < -0.3 is 14.2 Å². The SMILES string of the molecule is CCCC/C=C\CCCCCCC(=O)OCC(COC(=O)CCCCCCC/C=C\C=C/CCCCCCCCC)OC(=O)CCCCCCC/C=C\CCCCCCCCCCC. The van der Waals surface area contributed by atoms with Crippen LogP contribution in [0.4, 0.5) is 0 Å². The maximum absolute atomic E-state index is 12.8. The normalized spacial score (nSPS) is 12.4. The van der Waals surface area contributed by atoms with Gasteiger partial charge in [0.15, 0.2) is 6.10 Å². The highest BCUT2D eigenvalue weighted by molar-refractivity contribution is 5.71. The summed E-state index contributed by atoms with van der Waals surface area (Å²) in [6, 6.07) is 0. The lowest BCUT2D eigenvalue weighted by Crippen LogP contribution is -2.30. The zero-order chi connectivity index (χ0) is 46.5. The Morgan fingerprint density at radius 3 is 0.922 bits per heavy atom. The van der Waals surface area contributed by atoms with Gasteiger partial charge >= 0.3 is 17.9 Å². The molecule has 0 rings (SSSR count). The lowest BCUT2D eigenvalue weighted by molar-refractivity contribution is -0.167. The minimum absolute atomic E-state index is 0.0868. The van der Waals surface area contributed by atoms with Gasteiger partial charge in [-0.2, -0.15) is 0 Å². The third-order valence-electron chi connectivity index (χ3n) is 12.1. The maximum Gasteiger partial charge on any atom is 0.306 e.